The summed E-state index contributed by atoms with van der Waals surface area (Å²) in [5.41, 5.74) is 0.358. The molecule has 98 valence electrons. The lowest BCUT2D eigenvalue weighted by Gasteiger charge is -2.06. The average Bonchev–Trinajstić information content (AvgIpc) is 2.27. The number of ketones is 1. The predicted molar refractivity (Wildman–Crippen MR) is 64.3 cm³/mol. The van der Waals surface area contributed by atoms with Gasteiger partial charge in [0, 0.05) is 25.8 Å². The van der Waals surface area contributed by atoms with E-state index in [1.165, 1.54) is 19.9 Å². The van der Waals surface area contributed by atoms with Crippen molar-refractivity contribution < 1.29 is 18.7 Å². The van der Waals surface area contributed by atoms with E-state index in [0.29, 0.717) is 25.0 Å². The Balaban J connectivity index is 2.73. The quantitative estimate of drug-likeness (QED) is 0.713. The molecule has 0 fully saturated rings. The molecule has 0 aromatic carbocycles. The Morgan fingerprint density at radius 2 is 1.94 bits per heavy atom. The molecule has 5 heteroatoms. The fraction of sp³-hybridized carbons (Fsp3) is 0.462. The number of carbonyl (C=O) groups excluding carboxylic acids is 2. The summed E-state index contributed by atoms with van der Waals surface area (Å²) in [6, 6.07) is 2.97. The predicted octanol–water partition coefficient (Wildman–Crippen LogP) is 1.27. The molecule has 0 bridgehead atoms. The topological polar surface area (TPSA) is 73.6 Å². The van der Waals surface area contributed by atoms with Crippen molar-refractivity contribution in [2.24, 2.45) is 0 Å². The van der Waals surface area contributed by atoms with Gasteiger partial charge in [0.15, 0.2) is 0 Å². The maximum Gasteiger partial charge on any atom is 0.335 e. The van der Waals surface area contributed by atoms with Crippen LogP contribution in [-0.4, -0.2) is 18.4 Å². The molecule has 0 N–H and O–H groups in total. The first-order valence-corrected chi connectivity index (χ1v) is 5.73. The van der Waals surface area contributed by atoms with Crippen molar-refractivity contribution >= 4 is 11.8 Å². The first-order valence-electron chi connectivity index (χ1n) is 5.73. The van der Waals surface area contributed by atoms with Gasteiger partial charge in [-0.3, -0.25) is 4.79 Å². The van der Waals surface area contributed by atoms with Crippen LogP contribution in [-0.2, 0) is 27.2 Å². The number of rotatable bonds is 6. The summed E-state index contributed by atoms with van der Waals surface area (Å²) in [5.74, 6) is 0.177. The number of hydrogen-bond acceptors (Lipinski definition) is 5. The number of ether oxygens (including phenoxy) is 1. The molecule has 0 aliphatic heterocycles. The van der Waals surface area contributed by atoms with Gasteiger partial charge in [-0.1, -0.05) is 0 Å². The Bertz CT molecular complexity index is 486. The van der Waals surface area contributed by atoms with E-state index < -0.39 is 5.63 Å². The summed E-state index contributed by atoms with van der Waals surface area (Å²) in [4.78, 5) is 32.7. The molecule has 0 spiro atoms. The van der Waals surface area contributed by atoms with Crippen LogP contribution in [0.3, 0.4) is 0 Å². The van der Waals surface area contributed by atoms with Crippen molar-refractivity contribution in [2.75, 3.05) is 6.61 Å². The number of carbonyl (C=O) groups is 2. The van der Waals surface area contributed by atoms with Gasteiger partial charge < -0.3 is 13.9 Å². The lowest BCUT2D eigenvalue weighted by Crippen LogP contribution is -2.09. The third kappa shape index (κ3) is 4.95. The van der Waals surface area contributed by atoms with Gasteiger partial charge in [-0.05, 0) is 25.0 Å². The minimum absolute atomic E-state index is 0.0761. The fourth-order valence-corrected chi connectivity index (χ4v) is 1.52. The van der Waals surface area contributed by atoms with Gasteiger partial charge in [-0.15, -0.1) is 0 Å². The molecule has 0 aliphatic carbocycles. The lowest BCUT2D eigenvalue weighted by molar-refractivity contribution is -0.140. The molecule has 0 atom stereocenters. The van der Waals surface area contributed by atoms with E-state index in [0.717, 1.165) is 5.56 Å². The smallest absolute Gasteiger partial charge is 0.335 e. The van der Waals surface area contributed by atoms with Crippen molar-refractivity contribution in [2.45, 2.75) is 33.1 Å². The van der Waals surface area contributed by atoms with Crippen LogP contribution in [0.1, 0.15) is 31.6 Å². The summed E-state index contributed by atoms with van der Waals surface area (Å²) in [5, 5.41) is 0. The zero-order valence-corrected chi connectivity index (χ0v) is 10.5. The van der Waals surface area contributed by atoms with Crippen LogP contribution in [0.2, 0.25) is 0 Å². The third-order valence-corrected chi connectivity index (χ3v) is 2.38. The molecule has 1 aromatic rings. The van der Waals surface area contributed by atoms with Crippen molar-refractivity contribution in [3.63, 3.8) is 0 Å². The van der Waals surface area contributed by atoms with E-state index in [2.05, 4.69) is 0 Å². The molecule has 0 unspecified atom stereocenters. The Morgan fingerprint density at radius 1 is 1.22 bits per heavy atom. The van der Waals surface area contributed by atoms with E-state index in [1.54, 1.807) is 6.07 Å². The van der Waals surface area contributed by atoms with Crippen LogP contribution in [0, 0.1) is 0 Å². The molecule has 0 amide bonds. The van der Waals surface area contributed by atoms with E-state index in [-0.39, 0.29) is 18.4 Å². The number of hydrogen-bond donors (Lipinski definition) is 0. The number of aryl methyl sites for hydroxylation is 1. The third-order valence-electron chi connectivity index (χ3n) is 2.38. The highest BCUT2D eigenvalue weighted by molar-refractivity contribution is 5.75. The zero-order chi connectivity index (χ0) is 13.5. The lowest BCUT2D eigenvalue weighted by atomic mass is 10.1. The Labute approximate surface area is 105 Å². The van der Waals surface area contributed by atoms with Crippen LogP contribution in [0.15, 0.2) is 21.3 Å². The largest absolute Gasteiger partial charge is 0.465 e. The van der Waals surface area contributed by atoms with Crippen LogP contribution < -0.4 is 5.63 Å². The van der Waals surface area contributed by atoms with Gasteiger partial charge in [0.2, 0.25) is 0 Å². The molecule has 1 heterocycles. The highest BCUT2D eigenvalue weighted by atomic mass is 16.5. The zero-order valence-electron chi connectivity index (χ0n) is 10.5. The first kappa shape index (κ1) is 14.2. The Kier molecular flexibility index (Phi) is 5.30. The van der Waals surface area contributed by atoms with Crippen LogP contribution in [0.4, 0.5) is 0 Å². The molecule has 18 heavy (non-hydrogen) atoms. The van der Waals surface area contributed by atoms with Crippen molar-refractivity contribution in [3.05, 3.63) is 33.9 Å². The van der Waals surface area contributed by atoms with Gasteiger partial charge in [0.25, 0.3) is 0 Å². The van der Waals surface area contributed by atoms with Crippen molar-refractivity contribution in [3.8, 4) is 0 Å². The van der Waals surface area contributed by atoms with Gasteiger partial charge in [-0.2, -0.15) is 0 Å². The molecular formula is C13H16O5. The fourth-order valence-electron chi connectivity index (χ4n) is 1.52. The summed E-state index contributed by atoms with van der Waals surface area (Å²) in [6.45, 7) is 2.99. The second-order valence-corrected chi connectivity index (χ2v) is 3.99. The monoisotopic (exact) mass is 252 g/mol. The Morgan fingerprint density at radius 3 is 2.56 bits per heavy atom. The molecule has 5 nitrogen and oxygen atoms in total. The van der Waals surface area contributed by atoms with E-state index in [9.17, 15) is 14.4 Å². The summed E-state index contributed by atoms with van der Waals surface area (Å²) >= 11 is 0. The van der Waals surface area contributed by atoms with Gasteiger partial charge in [-0.25, -0.2) is 4.79 Å². The highest BCUT2D eigenvalue weighted by Crippen LogP contribution is 2.10. The van der Waals surface area contributed by atoms with E-state index in [1.807, 2.05) is 0 Å². The maximum atomic E-state index is 11.1. The van der Waals surface area contributed by atoms with Crippen LogP contribution in [0.5, 0.6) is 0 Å². The minimum Gasteiger partial charge on any atom is -0.465 e. The molecule has 1 rings (SSSR count). The Hall–Kier alpha value is -1.91. The molecule has 0 saturated carbocycles. The summed E-state index contributed by atoms with van der Waals surface area (Å²) < 4.78 is 9.86. The van der Waals surface area contributed by atoms with Crippen LogP contribution >= 0.6 is 0 Å². The second-order valence-electron chi connectivity index (χ2n) is 3.99. The molecule has 0 radical (unpaired) electrons. The van der Waals surface area contributed by atoms with E-state index in [4.69, 9.17) is 9.15 Å². The summed E-state index contributed by atoms with van der Waals surface area (Å²) in [7, 11) is 0. The van der Waals surface area contributed by atoms with Crippen LogP contribution in [0.25, 0.3) is 0 Å². The highest BCUT2D eigenvalue weighted by Gasteiger charge is 2.08. The molecule has 0 saturated heterocycles. The standard InChI is InChI=1S/C13H16O5/c1-9(14)3-4-11-5-6-13(16)18-12(11)7-8-17-10(2)15/h5-6H,3-4,7-8H2,1-2H3. The maximum absolute atomic E-state index is 11.1. The SMILES string of the molecule is CC(=O)CCc1ccc(=O)oc1CCOC(C)=O. The molecular weight excluding hydrogens is 236 g/mol. The molecule has 1 aromatic heterocycles. The van der Waals surface area contributed by atoms with Crippen molar-refractivity contribution in [1.82, 2.24) is 0 Å². The normalized spacial score (nSPS) is 10.1. The van der Waals surface area contributed by atoms with Gasteiger partial charge >= 0.3 is 11.6 Å². The second kappa shape index (κ2) is 6.74. The van der Waals surface area contributed by atoms with E-state index >= 15 is 0 Å². The number of esters is 1. The summed E-state index contributed by atoms with van der Waals surface area (Å²) in [6.07, 6.45) is 1.26. The average molecular weight is 252 g/mol. The van der Waals surface area contributed by atoms with Gasteiger partial charge in [0.1, 0.15) is 11.5 Å². The minimum atomic E-state index is -0.445. The first-order chi connectivity index (χ1) is 8.49. The van der Waals surface area contributed by atoms with Gasteiger partial charge in [0.05, 0.1) is 6.61 Å². The molecule has 0 aliphatic rings. The van der Waals surface area contributed by atoms with Crippen molar-refractivity contribution in [1.29, 1.82) is 0 Å². The number of Topliss-reactive ketones (excluding diaryl/α,β-unsaturated/α-hetero) is 1.